The number of rotatable bonds is 4. The van der Waals surface area contributed by atoms with Crippen LogP contribution in [0.3, 0.4) is 0 Å². The van der Waals surface area contributed by atoms with E-state index in [4.69, 9.17) is 5.11 Å². The fourth-order valence-electron chi connectivity index (χ4n) is 1.71. The molecule has 0 radical (unpaired) electrons. The van der Waals surface area contributed by atoms with E-state index in [0.29, 0.717) is 11.3 Å². The smallest absolute Gasteiger partial charge is 0.307 e. The second-order valence-corrected chi connectivity index (χ2v) is 4.05. The van der Waals surface area contributed by atoms with E-state index in [0.717, 1.165) is 0 Å². The van der Waals surface area contributed by atoms with E-state index >= 15 is 0 Å². The fraction of sp³-hybridized carbons (Fsp3) is 0.0714. The van der Waals surface area contributed by atoms with Crippen LogP contribution in [0.2, 0.25) is 0 Å². The lowest BCUT2D eigenvalue weighted by Crippen LogP contribution is -2.15. The van der Waals surface area contributed by atoms with Gasteiger partial charge in [0.2, 0.25) is 0 Å². The summed E-state index contributed by atoms with van der Waals surface area (Å²) in [6, 6.07) is 9.43. The van der Waals surface area contributed by atoms with Gasteiger partial charge < -0.3 is 15.5 Å². The third kappa shape index (κ3) is 3.11. The Kier molecular flexibility index (Phi) is 3.95. The Morgan fingerprint density at radius 1 is 1.15 bits per heavy atom. The van der Waals surface area contributed by atoms with Gasteiger partial charge in [-0.05, 0) is 23.8 Å². The quantitative estimate of drug-likeness (QED) is 0.786. The van der Waals surface area contributed by atoms with Gasteiger partial charge in [-0.2, -0.15) is 0 Å². The Bertz CT molecular complexity index is 655. The maximum absolute atomic E-state index is 12.0. The number of nitrogens with zero attached hydrogens (tertiary/aromatic N) is 1. The first kappa shape index (κ1) is 13.5. The summed E-state index contributed by atoms with van der Waals surface area (Å²) >= 11 is 0. The zero-order valence-electron chi connectivity index (χ0n) is 10.4. The van der Waals surface area contributed by atoms with Crippen molar-refractivity contribution in [1.82, 2.24) is 4.98 Å². The van der Waals surface area contributed by atoms with E-state index in [1.54, 1.807) is 24.3 Å². The molecule has 1 amide bonds. The second kappa shape index (κ2) is 5.83. The molecule has 1 aromatic heterocycles. The van der Waals surface area contributed by atoms with Gasteiger partial charge in [-0.3, -0.25) is 9.59 Å². The molecule has 6 nitrogen and oxygen atoms in total. The lowest BCUT2D eigenvalue weighted by Gasteiger charge is -2.09. The summed E-state index contributed by atoms with van der Waals surface area (Å²) in [5.41, 5.74) is 0.742. The van der Waals surface area contributed by atoms with Crippen molar-refractivity contribution in [2.75, 3.05) is 5.32 Å². The van der Waals surface area contributed by atoms with Gasteiger partial charge in [0.1, 0.15) is 5.75 Å². The van der Waals surface area contributed by atoms with E-state index in [1.165, 1.54) is 18.3 Å². The lowest BCUT2D eigenvalue weighted by molar-refractivity contribution is -0.136. The first-order valence-electron chi connectivity index (χ1n) is 5.83. The summed E-state index contributed by atoms with van der Waals surface area (Å²) < 4.78 is 0. The molecule has 0 aliphatic carbocycles. The van der Waals surface area contributed by atoms with Crippen LogP contribution >= 0.6 is 0 Å². The molecule has 2 aromatic rings. The number of carbonyl (C=O) groups excluding carboxylic acids is 1. The number of carboxylic acids is 1. The number of aromatic nitrogens is 1. The normalized spacial score (nSPS) is 10.0. The molecule has 20 heavy (non-hydrogen) atoms. The number of amides is 1. The number of hydrogen-bond donors (Lipinski definition) is 3. The van der Waals surface area contributed by atoms with Gasteiger partial charge in [-0.1, -0.05) is 18.2 Å². The zero-order chi connectivity index (χ0) is 14.5. The summed E-state index contributed by atoms with van der Waals surface area (Å²) in [4.78, 5) is 26.5. The highest BCUT2D eigenvalue weighted by Crippen LogP contribution is 2.19. The maximum atomic E-state index is 12.0. The van der Waals surface area contributed by atoms with Gasteiger partial charge in [-0.15, -0.1) is 0 Å². The molecule has 2 rings (SSSR count). The largest absolute Gasteiger partial charge is 0.505 e. The van der Waals surface area contributed by atoms with Crippen molar-refractivity contribution in [1.29, 1.82) is 0 Å². The predicted octanol–water partition coefficient (Wildman–Crippen LogP) is 1.67. The first-order chi connectivity index (χ1) is 9.58. The monoisotopic (exact) mass is 272 g/mol. The first-order valence-corrected chi connectivity index (χ1v) is 5.83. The molecule has 0 spiro atoms. The molecule has 0 fully saturated rings. The Morgan fingerprint density at radius 2 is 1.90 bits per heavy atom. The van der Waals surface area contributed by atoms with E-state index < -0.39 is 11.9 Å². The summed E-state index contributed by atoms with van der Waals surface area (Å²) in [6.45, 7) is 0. The molecule has 0 unspecified atom stereocenters. The van der Waals surface area contributed by atoms with Gasteiger partial charge in [-0.25, -0.2) is 4.98 Å². The number of pyridine rings is 1. The van der Waals surface area contributed by atoms with Crippen molar-refractivity contribution in [3.63, 3.8) is 0 Å². The topological polar surface area (TPSA) is 99.5 Å². The molecule has 6 heteroatoms. The highest BCUT2D eigenvalue weighted by atomic mass is 16.4. The highest BCUT2D eigenvalue weighted by molar-refractivity contribution is 6.05. The Labute approximate surface area is 114 Å². The minimum absolute atomic E-state index is 0.113. The number of para-hydroxylation sites is 1. The molecular weight excluding hydrogens is 260 g/mol. The Hall–Kier alpha value is -2.89. The van der Waals surface area contributed by atoms with Crippen LogP contribution in [0.5, 0.6) is 5.75 Å². The maximum Gasteiger partial charge on any atom is 0.307 e. The molecular formula is C14H12N2O4. The molecule has 0 aliphatic rings. The van der Waals surface area contributed by atoms with Gasteiger partial charge in [0.25, 0.3) is 5.91 Å². The van der Waals surface area contributed by atoms with Crippen LogP contribution in [0.25, 0.3) is 0 Å². The van der Waals surface area contributed by atoms with Crippen LogP contribution in [-0.2, 0) is 11.2 Å². The molecule has 0 bridgehead atoms. The van der Waals surface area contributed by atoms with Crippen LogP contribution in [0.1, 0.15) is 16.1 Å². The number of benzene rings is 1. The average molecular weight is 272 g/mol. The summed E-state index contributed by atoms with van der Waals surface area (Å²) in [6.07, 6.45) is 1.18. The molecule has 0 aliphatic heterocycles. The number of hydrogen-bond acceptors (Lipinski definition) is 4. The van der Waals surface area contributed by atoms with Crippen molar-refractivity contribution < 1.29 is 19.8 Å². The molecule has 1 heterocycles. The van der Waals surface area contributed by atoms with E-state index in [9.17, 15) is 14.7 Å². The van der Waals surface area contributed by atoms with E-state index in [1.807, 2.05) is 0 Å². The molecule has 0 atom stereocenters. The number of anilines is 1. The molecule has 1 aromatic carbocycles. The van der Waals surface area contributed by atoms with Gasteiger partial charge in [0.15, 0.2) is 5.69 Å². The van der Waals surface area contributed by atoms with Crippen LogP contribution < -0.4 is 5.32 Å². The molecule has 0 saturated carbocycles. The van der Waals surface area contributed by atoms with Crippen LogP contribution in [0.4, 0.5) is 5.69 Å². The van der Waals surface area contributed by atoms with Crippen molar-refractivity contribution >= 4 is 17.6 Å². The third-order valence-corrected chi connectivity index (χ3v) is 2.61. The van der Waals surface area contributed by atoms with Crippen LogP contribution in [0.15, 0.2) is 42.6 Å². The minimum Gasteiger partial charge on any atom is -0.505 e. The molecule has 102 valence electrons. The fourth-order valence-corrected chi connectivity index (χ4v) is 1.71. The molecule has 3 N–H and O–H groups in total. The lowest BCUT2D eigenvalue weighted by atomic mass is 10.1. The predicted molar refractivity (Wildman–Crippen MR) is 71.6 cm³/mol. The number of carboxylic acid groups (broad SMARTS) is 1. The summed E-state index contributed by atoms with van der Waals surface area (Å²) in [5.74, 6) is -1.82. The Morgan fingerprint density at radius 3 is 2.60 bits per heavy atom. The zero-order valence-corrected chi connectivity index (χ0v) is 10.4. The van der Waals surface area contributed by atoms with Crippen LogP contribution in [0, 0.1) is 0 Å². The number of nitrogens with one attached hydrogen (secondary N) is 1. The average Bonchev–Trinajstić information content (AvgIpc) is 2.41. The number of aromatic hydroxyl groups is 1. The second-order valence-electron chi connectivity index (χ2n) is 4.05. The van der Waals surface area contributed by atoms with E-state index in [2.05, 4.69) is 10.3 Å². The SMILES string of the molecule is O=C(O)Cc1ccccc1NC(=O)c1ncccc1O. The van der Waals surface area contributed by atoms with Crippen molar-refractivity contribution in [2.24, 2.45) is 0 Å². The van der Waals surface area contributed by atoms with Crippen LogP contribution in [-0.4, -0.2) is 27.1 Å². The Balaban J connectivity index is 2.24. The third-order valence-electron chi connectivity index (χ3n) is 2.61. The highest BCUT2D eigenvalue weighted by Gasteiger charge is 2.14. The standard InChI is InChI=1S/C14H12N2O4/c17-11-6-3-7-15-13(11)14(20)16-10-5-2-1-4-9(10)8-12(18)19/h1-7,17H,8H2,(H,16,20)(H,18,19). The van der Waals surface area contributed by atoms with Crippen molar-refractivity contribution in [3.8, 4) is 5.75 Å². The molecule has 0 saturated heterocycles. The van der Waals surface area contributed by atoms with E-state index in [-0.39, 0.29) is 17.9 Å². The summed E-state index contributed by atoms with van der Waals surface area (Å²) in [5, 5.41) is 20.9. The number of aliphatic carboxylic acids is 1. The van der Waals surface area contributed by atoms with Gasteiger partial charge >= 0.3 is 5.97 Å². The van der Waals surface area contributed by atoms with Crippen molar-refractivity contribution in [2.45, 2.75) is 6.42 Å². The number of carbonyl (C=O) groups is 2. The minimum atomic E-state index is -0.993. The van der Waals surface area contributed by atoms with Gasteiger partial charge in [0, 0.05) is 11.9 Å². The van der Waals surface area contributed by atoms with Crippen molar-refractivity contribution in [3.05, 3.63) is 53.9 Å². The van der Waals surface area contributed by atoms with Gasteiger partial charge in [0.05, 0.1) is 6.42 Å². The summed E-state index contributed by atoms with van der Waals surface area (Å²) in [7, 11) is 0.